The van der Waals surface area contributed by atoms with Gasteiger partial charge in [-0.3, -0.25) is 4.79 Å². The fraction of sp³-hybridized carbons (Fsp3) is 0.348. The molecule has 0 saturated carbocycles. The maximum Gasteiger partial charge on any atom is 0.251 e. The van der Waals surface area contributed by atoms with Crippen molar-refractivity contribution in [1.29, 1.82) is 0 Å². The van der Waals surface area contributed by atoms with Crippen LogP contribution in [-0.4, -0.2) is 41.8 Å². The number of H-pyrrole nitrogens is 1. The normalized spacial score (nSPS) is 11.1. The van der Waals surface area contributed by atoms with Crippen LogP contribution < -0.4 is 15.6 Å². The van der Waals surface area contributed by atoms with Gasteiger partial charge >= 0.3 is 0 Å². The van der Waals surface area contributed by atoms with E-state index in [0.29, 0.717) is 59.2 Å². The molecular weight excluding hydrogens is 416 g/mol. The largest absolute Gasteiger partial charge is 0.475 e. The topological polar surface area (TPSA) is 89.1 Å². The highest BCUT2D eigenvalue weighted by atomic mass is 35.5. The Hall–Kier alpha value is -2.74. The van der Waals surface area contributed by atoms with Gasteiger partial charge in [0.15, 0.2) is 0 Å². The molecule has 0 unspecified atom stereocenters. The lowest BCUT2D eigenvalue weighted by molar-refractivity contribution is 0.144. The molecule has 3 rings (SSSR count). The summed E-state index contributed by atoms with van der Waals surface area (Å²) in [5.41, 5.74) is 2.69. The summed E-state index contributed by atoms with van der Waals surface area (Å²) in [7, 11) is 1.61. The Balaban J connectivity index is 1.85. The molecule has 3 aromatic rings. The minimum absolute atomic E-state index is 0.264. The molecule has 0 aliphatic carbocycles. The third-order valence-corrected chi connectivity index (χ3v) is 4.81. The molecule has 7 nitrogen and oxygen atoms in total. The first-order valence-electron chi connectivity index (χ1n) is 10.2. The van der Waals surface area contributed by atoms with E-state index < -0.39 is 0 Å². The summed E-state index contributed by atoms with van der Waals surface area (Å²) in [6, 6.07) is 10.7. The van der Waals surface area contributed by atoms with E-state index in [1.807, 2.05) is 24.3 Å². The van der Waals surface area contributed by atoms with Crippen molar-refractivity contribution in [2.75, 3.05) is 26.9 Å². The number of methoxy groups -OCH3 is 1. The minimum atomic E-state index is -0.264. The zero-order chi connectivity index (χ0) is 22.2. The van der Waals surface area contributed by atoms with Gasteiger partial charge in [0.2, 0.25) is 5.88 Å². The van der Waals surface area contributed by atoms with E-state index in [-0.39, 0.29) is 5.56 Å². The van der Waals surface area contributed by atoms with Gasteiger partial charge < -0.3 is 19.8 Å². The molecule has 164 valence electrons. The van der Waals surface area contributed by atoms with Gasteiger partial charge in [-0.15, -0.1) is 0 Å². The van der Waals surface area contributed by atoms with Crippen LogP contribution in [0.15, 0.2) is 47.4 Å². The molecule has 2 N–H and O–H groups in total. The van der Waals surface area contributed by atoms with Crippen molar-refractivity contribution in [3.05, 3.63) is 63.5 Å². The Bertz CT molecular complexity index is 1050. The molecule has 0 amide bonds. The maximum absolute atomic E-state index is 12.3. The fourth-order valence-electron chi connectivity index (χ4n) is 2.95. The van der Waals surface area contributed by atoms with Crippen molar-refractivity contribution in [1.82, 2.24) is 20.3 Å². The summed E-state index contributed by atoms with van der Waals surface area (Å²) >= 11 is 6.43. The molecule has 0 radical (unpaired) electrons. The van der Waals surface area contributed by atoms with Crippen molar-refractivity contribution in [2.45, 2.75) is 20.4 Å². The lowest BCUT2D eigenvalue weighted by atomic mass is 10.1. The van der Waals surface area contributed by atoms with Crippen LogP contribution in [0.25, 0.3) is 22.6 Å². The van der Waals surface area contributed by atoms with Crippen LogP contribution in [0.5, 0.6) is 5.88 Å². The number of aromatic amines is 1. The van der Waals surface area contributed by atoms with Crippen molar-refractivity contribution >= 4 is 11.6 Å². The summed E-state index contributed by atoms with van der Waals surface area (Å²) in [6.07, 6.45) is 1.63. The lowest BCUT2D eigenvalue weighted by Crippen LogP contribution is -2.19. The third-order valence-electron chi connectivity index (χ3n) is 4.48. The predicted molar refractivity (Wildman–Crippen MR) is 122 cm³/mol. The fourth-order valence-corrected chi connectivity index (χ4v) is 3.16. The van der Waals surface area contributed by atoms with Gasteiger partial charge in [-0.05, 0) is 36.2 Å². The van der Waals surface area contributed by atoms with Crippen LogP contribution in [0.1, 0.15) is 19.4 Å². The summed E-state index contributed by atoms with van der Waals surface area (Å²) in [5, 5.41) is 3.93. The van der Waals surface area contributed by atoms with Gasteiger partial charge in [0.1, 0.15) is 12.4 Å². The molecule has 0 spiro atoms. The maximum atomic E-state index is 12.3. The number of rotatable bonds is 10. The average molecular weight is 443 g/mol. The van der Waals surface area contributed by atoms with Crippen LogP contribution >= 0.6 is 11.6 Å². The van der Waals surface area contributed by atoms with Crippen LogP contribution in [-0.2, 0) is 11.3 Å². The average Bonchev–Trinajstić information content (AvgIpc) is 2.75. The molecule has 0 aliphatic heterocycles. The molecule has 0 fully saturated rings. The molecule has 8 heteroatoms. The quantitative estimate of drug-likeness (QED) is 0.462. The van der Waals surface area contributed by atoms with Crippen LogP contribution in [0, 0.1) is 5.92 Å². The number of pyridine rings is 1. The van der Waals surface area contributed by atoms with Crippen molar-refractivity contribution in [3.8, 4) is 28.5 Å². The third kappa shape index (κ3) is 6.62. The zero-order valence-electron chi connectivity index (χ0n) is 17.9. The monoisotopic (exact) mass is 442 g/mol. The molecule has 0 bridgehead atoms. The predicted octanol–water partition coefficient (Wildman–Crippen LogP) is 3.92. The van der Waals surface area contributed by atoms with Crippen molar-refractivity contribution in [3.63, 3.8) is 0 Å². The Morgan fingerprint density at radius 3 is 2.71 bits per heavy atom. The summed E-state index contributed by atoms with van der Waals surface area (Å²) in [5.74, 6) is 1.46. The van der Waals surface area contributed by atoms with E-state index >= 15 is 0 Å². The van der Waals surface area contributed by atoms with Crippen molar-refractivity contribution < 1.29 is 9.47 Å². The van der Waals surface area contributed by atoms with E-state index in [4.69, 9.17) is 21.1 Å². The van der Waals surface area contributed by atoms with E-state index in [9.17, 15) is 4.79 Å². The number of nitrogens with zero attached hydrogens (tertiary/aromatic N) is 2. The van der Waals surface area contributed by atoms with E-state index in [1.165, 1.54) is 6.07 Å². The standard InChI is InChI=1S/C23H27ClN4O3/c1-15(2)12-25-13-16-4-6-19(24)18(10-16)23-27-20(11-21(29)28-23)17-5-7-22(26-14-17)31-9-8-30-3/h4-7,10-11,14-15,25H,8-9,12-13H2,1-3H3,(H,27,28,29). The first kappa shape index (κ1) is 22.9. The van der Waals surface area contributed by atoms with Gasteiger partial charge in [-0.25, -0.2) is 9.97 Å². The molecule has 0 saturated heterocycles. The lowest BCUT2D eigenvalue weighted by Gasteiger charge is -2.11. The number of benzene rings is 1. The molecule has 1 aromatic carbocycles. The highest BCUT2D eigenvalue weighted by Gasteiger charge is 2.11. The molecule has 0 atom stereocenters. The second-order valence-corrected chi connectivity index (χ2v) is 7.95. The highest BCUT2D eigenvalue weighted by Crippen LogP contribution is 2.27. The van der Waals surface area contributed by atoms with Gasteiger partial charge in [0, 0.05) is 43.1 Å². The molecule has 2 heterocycles. The first-order chi connectivity index (χ1) is 15.0. The highest BCUT2D eigenvalue weighted by molar-refractivity contribution is 6.33. The smallest absolute Gasteiger partial charge is 0.251 e. The number of ether oxygens (including phenoxy) is 2. The van der Waals surface area contributed by atoms with Gasteiger partial charge in [0.25, 0.3) is 5.56 Å². The number of hydrogen-bond acceptors (Lipinski definition) is 6. The summed E-state index contributed by atoms with van der Waals surface area (Å²) in [6.45, 7) is 6.84. The number of hydrogen-bond donors (Lipinski definition) is 2. The second-order valence-electron chi connectivity index (χ2n) is 7.54. The Morgan fingerprint density at radius 2 is 2.00 bits per heavy atom. The van der Waals surface area contributed by atoms with E-state index in [0.717, 1.165) is 12.1 Å². The van der Waals surface area contributed by atoms with Gasteiger partial charge in [0.05, 0.1) is 17.3 Å². The SMILES string of the molecule is COCCOc1ccc(-c2cc(=O)[nH]c(-c3cc(CNCC(C)C)ccc3Cl)n2)cn1. The minimum Gasteiger partial charge on any atom is -0.475 e. The van der Waals surface area contributed by atoms with Gasteiger partial charge in [-0.2, -0.15) is 0 Å². The Morgan fingerprint density at radius 1 is 1.16 bits per heavy atom. The second kappa shape index (κ2) is 11.0. The first-order valence-corrected chi connectivity index (χ1v) is 10.5. The Labute approximate surface area is 186 Å². The van der Waals surface area contributed by atoms with Crippen LogP contribution in [0.3, 0.4) is 0 Å². The molecule has 0 aliphatic rings. The molecule has 2 aromatic heterocycles. The molecular formula is C23H27ClN4O3. The summed E-state index contributed by atoms with van der Waals surface area (Å²) in [4.78, 5) is 24.0. The van der Waals surface area contributed by atoms with Crippen LogP contribution in [0.4, 0.5) is 0 Å². The molecule has 31 heavy (non-hydrogen) atoms. The summed E-state index contributed by atoms with van der Waals surface area (Å²) < 4.78 is 10.4. The number of nitrogens with one attached hydrogen (secondary N) is 2. The van der Waals surface area contributed by atoms with E-state index in [2.05, 4.69) is 34.1 Å². The van der Waals surface area contributed by atoms with Crippen LogP contribution in [0.2, 0.25) is 5.02 Å². The van der Waals surface area contributed by atoms with E-state index in [1.54, 1.807) is 19.4 Å². The number of halogens is 1. The van der Waals surface area contributed by atoms with Gasteiger partial charge in [-0.1, -0.05) is 31.5 Å². The Kier molecular flexibility index (Phi) is 8.17. The van der Waals surface area contributed by atoms with Crippen molar-refractivity contribution in [2.24, 2.45) is 5.92 Å². The zero-order valence-corrected chi connectivity index (χ0v) is 18.7. The number of aromatic nitrogens is 3.